The Morgan fingerprint density at radius 1 is 0.935 bits per heavy atom. The molecule has 31 heavy (non-hydrogen) atoms. The molecule has 4 rings (SSSR count). The molecule has 1 aliphatic rings. The van der Waals surface area contributed by atoms with Gasteiger partial charge in [0, 0.05) is 11.3 Å². The Kier molecular flexibility index (Phi) is 5.54. The average Bonchev–Trinajstić information content (AvgIpc) is 2.99. The van der Waals surface area contributed by atoms with Crippen molar-refractivity contribution in [3.63, 3.8) is 0 Å². The van der Waals surface area contributed by atoms with Crippen molar-refractivity contribution in [3.8, 4) is 5.75 Å². The van der Waals surface area contributed by atoms with Crippen molar-refractivity contribution in [3.05, 3.63) is 101 Å². The lowest BCUT2D eigenvalue weighted by Crippen LogP contribution is -2.32. The van der Waals surface area contributed by atoms with Crippen molar-refractivity contribution in [2.45, 2.75) is 13.5 Å². The zero-order valence-electron chi connectivity index (χ0n) is 17.2. The van der Waals surface area contributed by atoms with Crippen molar-refractivity contribution >= 4 is 23.1 Å². The standard InChI is InChI=1S/C25H21FN2O3/c1-16-6-5-8-19(14-16)27-23-22(17-10-12-20(31-2)13-11-17)24(29)28(25(23)30)15-18-7-3-4-9-21(18)26/h3-14,27H,15H2,1-2H3. The molecule has 0 unspecified atom stereocenters. The van der Waals surface area contributed by atoms with E-state index in [1.54, 1.807) is 49.6 Å². The number of amides is 2. The van der Waals surface area contributed by atoms with E-state index >= 15 is 0 Å². The molecule has 0 spiro atoms. The van der Waals surface area contributed by atoms with E-state index in [1.165, 1.54) is 6.07 Å². The molecule has 0 aliphatic carbocycles. The van der Waals surface area contributed by atoms with Crippen molar-refractivity contribution in [1.29, 1.82) is 0 Å². The van der Waals surface area contributed by atoms with Crippen LogP contribution in [0.2, 0.25) is 0 Å². The molecule has 0 saturated carbocycles. The van der Waals surface area contributed by atoms with Crippen molar-refractivity contribution < 1.29 is 18.7 Å². The highest BCUT2D eigenvalue weighted by atomic mass is 19.1. The van der Waals surface area contributed by atoms with Crippen LogP contribution >= 0.6 is 0 Å². The van der Waals surface area contributed by atoms with Gasteiger partial charge in [-0.05, 0) is 48.4 Å². The second kappa shape index (κ2) is 8.44. The minimum atomic E-state index is -0.499. The Bertz CT molecular complexity index is 1190. The quantitative estimate of drug-likeness (QED) is 0.600. The molecule has 5 nitrogen and oxygen atoms in total. The third kappa shape index (κ3) is 4.05. The smallest absolute Gasteiger partial charge is 0.278 e. The topological polar surface area (TPSA) is 58.6 Å². The SMILES string of the molecule is COc1ccc(C2=C(Nc3cccc(C)c3)C(=O)N(Cc3ccccc3F)C2=O)cc1. The van der Waals surface area contributed by atoms with Gasteiger partial charge in [-0.3, -0.25) is 14.5 Å². The number of hydrogen-bond acceptors (Lipinski definition) is 4. The highest BCUT2D eigenvalue weighted by Gasteiger charge is 2.39. The second-order valence-electron chi connectivity index (χ2n) is 7.26. The first-order valence-electron chi connectivity index (χ1n) is 9.80. The molecule has 156 valence electrons. The highest BCUT2D eigenvalue weighted by molar-refractivity contribution is 6.36. The van der Waals surface area contributed by atoms with Crippen LogP contribution in [0.5, 0.6) is 5.75 Å². The van der Waals surface area contributed by atoms with Crippen LogP contribution < -0.4 is 10.1 Å². The molecule has 1 heterocycles. The van der Waals surface area contributed by atoms with Crippen molar-refractivity contribution in [2.24, 2.45) is 0 Å². The number of methoxy groups -OCH3 is 1. The fraction of sp³-hybridized carbons (Fsp3) is 0.120. The summed E-state index contributed by atoms with van der Waals surface area (Å²) in [6.07, 6.45) is 0. The zero-order chi connectivity index (χ0) is 22.0. The molecule has 0 fully saturated rings. The molecule has 0 aromatic heterocycles. The number of imide groups is 1. The summed E-state index contributed by atoms with van der Waals surface area (Å²) < 4.78 is 19.4. The molecular weight excluding hydrogens is 395 g/mol. The Balaban J connectivity index is 1.75. The predicted molar refractivity (Wildman–Crippen MR) is 117 cm³/mol. The van der Waals surface area contributed by atoms with Crippen LogP contribution in [0.25, 0.3) is 5.57 Å². The van der Waals surface area contributed by atoms with E-state index in [4.69, 9.17) is 4.74 Å². The largest absolute Gasteiger partial charge is 0.497 e. The molecule has 3 aromatic rings. The number of nitrogens with zero attached hydrogens (tertiary/aromatic N) is 1. The van der Waals surface area contributed by atoms with E-state index in [0.717, 1.165) is 10.5 Å². The second-order valence-corrected chi connectivity index (χ2v) is 7.26. The molecule has 0 saturated heterocycles. The van der Waals surface area contributed by atoms with Gasteiger partial charge in [-0.2, -0.15) is 0 Å². The van der Waals surface area contributed by atoms with Gasteiger partial charge in [0.15, 0.2) is 0 Å². The maximum absolute atomic E-state index is 14.2. The summed E-state index contributed by atoms with van der Waals surface area (Å²) in [7, 11) is 1.55. The zero-order valence-corrected chi connectivity index (χ0v) is 17.2. The minimum absolute atomic E-state index is 0.150. The molecule has 0 atom stereocenters. The number of anilines is 1. The molecule has 0 bridgehead atoms. The first-order valence-corrected chi connectivity index (χ1v) is 9.80. The van der Waals surface area contributed by atoms with E-state index in [9.17, 15) is 14.0 Å². The summed E-state index contributed by atoms with van der Waals surface area (Å²) >= 11 is 0. The normalized spacial score (nSPS) is 13.7. The fourth-order valence-corrected chi connectivity index (χ4v) is 3.53. The molecule has 1 aliphatic heterocycles. The predicted octanol–water partition coefficient (Wildman–Crippen LogP) is 4.53. The molecule has 6 heteroatoms. The number of aryl methyl sites for hydroxylation is 1. The number of ether oxygens (including phenoxy) is 1. The first kappa shape index (κ1) is 20.3. The van der Waals surface area contributed by atoms with Gasteiger partial charge in [-0.1, -0.05) is 42.5 Å². The van der Waals surface area contributed by atoms with Gasteiger partial charge in [0.2, 0.25) is 0 Å². The molecule has 0 radical (unpaired) electrons. The number of benzene rings is 3. The number of halogens is 1. The average molecular weight is 416 g/mol. The van der Waals surface area contributed by atoms with Crippen molar-refractivity contribution in [1.82, 2.24) is 4.90 Å². The van der Waals surface area contributed by atoms with E-state index in [2.05, 4.69) is 5.32 Å². The lowest BCUT2D eigenvalue weighted by Gasteiger charge is -2.16. The van der Waals surface area contributed by atoms with Gasteiger partial charge in [-0.25, -0.2) is 4.39 Å². The van der Waals surface area contributed by atoms with Gasteiger partial charge in [-0.15, -0.1) is 0 Å². The lowest BCUT2D eigenvalue weighted by molar-refractivity contribution is -0.137. The number of nitrogens with one attached hydrogen (secondary N) is 1. The van der Waals surface area contributed by atoms with Crippen LogP contribution in [0.3, 0.4) is 0 Å². The summed E-state index contributed by atoms with van der Waals surface area (Å²) in [5.74, 6) is -0.805. The van der Waals surface area contributed by atoms with Gasteiger partial charge in [0.25, 0.3) is 11.8 Å². The number of rotatable bonds is 6. The fourth-order valence-electron chi connectivity index (χ4n) is 3.53. The summed E-state index contributed by atoms with van der Waals surface area (Å²) in [6.45, 7) is 1.79. The monoisotopic (exact) mass is 416 g/mol. The van der Waals surface area contributed by atoms with Gasteiger partial charge in [0.1, 0.15) is 17.3 Å². The summed E-state index contributed by atoms with van der Waals surface area (Å²) in [6, 6.07) is 20.5. The van der Waals surface area contributed by atoms with Gasteiger partial charge >= 0.3 is 0 Å². The maximum Gasteiger partial charge on any atom is 0.278 e. The molecule has 1 N–H and O–H groups in total. The number of carbonyl (C=O) groups excluding carboxylic acids is 2. The Hall–Kier alpha value is -3.93. The van der Waals surface area contributed by atoms with E-state index in [-0.39, 0.29) is 23.4 Å². The minimum Gasteiger partial charge on any atom is -0.497 e. The van der Waals surface area contributed by atoms with Crippen LogP contribution in [0.1, 0.15) is 16.7 Å². The van der Waals surface area contributed by atoms with E-state index in [1.807, 2.05) is 31.2 Å². The van der Waals surface area contributed by atoms with Crippen LogP contribution in [0.4, 0.5) is 10.1 Å². The van der Waals surface area contributed by atoms with Crippen LogP contribution in [0.15, 0.2) is 78.5 Å². The number of carbonyl (C=O) groups is 2. The summed E-state index contributed by atoms with van der Waals surface area (Å²) in [5.41, 5.74) is 2.95. The van der Waals surface area contributed by atoms with Crippen molar-refractivity contribution in [2.75, 3.05) is 12.4 Å². The molecular formula is C25H21FN2O3. The van der Waals surface area contributed by atoms with Gasteiger partial charge < -0.3 is 10.1 Å². The Morgan fingerprint density at radius 3 is 2.35 bits per heavy atom. The Morgan fingerprint density at radius 2 is 1.68 bits per heavy atom. The lowest BCUT2D eigenvalue weighted by atomic mass is 10.0. The van der Waals surface area contributed by atoms with Crippen LogP contribution in [-0.2, 0) is 16.1 Å². The molecule has 2 amide bonds. The first-order chi connectivity index (χ1) is 15.0. The van der Waals surface area contributed by atoms with Crippen LogP contribution in [0, 0.1) is 12.7 Å². The van der Waals surface area contributed by atoms with Crippen LogP contribution in [-0.4, -0.2) is 23.8 Å². The number of hydrogen-bond donors (Lipinski definition) is 1. The third-order valence-electron chi connectivity index (χ3n) is 5.12. The Labute approximate surface area is 179 Å². The highest BCUT2D eigenvalue weighted by Crippen LogP contribution is 2.32. The van der Waals surface area contributed by atoms with E-state index < -0.39 is 17.6 Å². The molecule has 3 aromatic carbocycles. The van der Waals surface area contributed by atoms with Gasteiger partial charge in [0.05, 0.1) is 19.2 Å². The van der Waals surface area contributed by atoms with E-state index in [0.29, 0.717) is 17.0 Å². The third-order valence-corrected chi connectivity index (χ3v) is 5.12. The summed E-state index contributed by atoms with van der Waals surface area (Å²) in [4.78, 5) is 27.6. The summed E-state index contributed by atoms with van der Waals surface area (Å²) in [5, 5.41) is 3.11. The maximum atomic E-state index is 14.2.